The molecular formula is C24H29ClN2O3S. The van der Waals surface area contributed by atoms with Crippen LogP contribution in [0.3, 0.4) is 0 Å². The number of nitrogens with zero attached hydrogens (tertiary/aromatic N) is 2. The Bertz CT molecular complexity index is 971. The summed E-state index contributed by atoms with van der Waals surface area (Å²) < 4.78 is 7.03. The topological polar surface area (TPSA) is 64.3 Å². The molecule has 0 radical (unpaired) electrons. The highest BCUT2D eigenvalue weighted by Crippen LogP contribution is 2.30. The lowest BCUT2D eigenvalue weighted by molar-refractivity contribution is -0.150. The summed E-state index contributed by atoms with van der Waals surface area (Å²) >= 11 is 8.05. The molecule has 0 spiro atoms. The first-order valence-electron chi connectivity index (χ1n) is 10.6. The van der Waals surface area contributed by atoms with Crippen LogP contribution in [0.25, 0.3) is 0 Å². The number of aromatic nitrogens is 2. The van der Waals surface area contributed by atoms with Gasteiger partial charge in [-0.3, -0.25) is 4.79 Å². The van der Waals surface area contributed by atoms with Gasteiger partial charge >= 0.3 is 5.97 Å². The van der Waals surface area contributed by atoms with E-state index in [0.29, 0.717) is 30.1 Å². The van der Waals surface area contributed by atoms with Crippen molar-refractivity contribution in [3.63, 3.8) is 0 Å². The Morgan fingerprint density at radius 2 is 2.06 bits per heavy atom. The molecule has 3 rings (SSSR count). The average molecular weight is 461 g/mol. The number of ether oxygens (including phenoxy) is 1. The molecule has 166 valence electrons. The molecule has 1 aromatic carbocycles. The molecule has 0 fully saturated rings. The second kappa shape index (κ2) is 11.5. The fraction of sp³-hybridized carbons (Fsp3) is 0.417. The van der Waals surface area contributed by atoms with Crippen molar-refractivity contribution < 1.29 is 14.6 Å². The fourth-order valence-corrected chi connectivity index (χ4v) is 4.61. The number of imidazole rings is 1. The second-order valence-corrected chi connectivity index (χ2v) is 9.01. The molecule has 2 aromatic heterocycles. The van der Waals surface area contributed by atoms with E-state index < -0.39 is 18.0 Å². The van der Waals surface area contributed by atoms with Crippen molar-refractivity contribution in [2.45, 2.75) is 51.7 Å². The molecule has 0 saturated heterocycles. The predicted octanol–water partition coefficient (Wildman–Crippen LogP) is 5.44. The number of rotatable bonds is 11. The molecule has 0 aliphatic heterocycles. The Morgan fingerprint density at radius 1 is 1.26 bits per heavy atom. The number of hydrogen-bond donors (Lipinski definition) is 1. The smallest absolute Gasteiger partial charge is 0.311 e. The van der Waals surface area contributed by atoms with Crippen LogP contribution in [0.1, 0.15) is 54.2 Å². The lowest BCUT2D eigenvalue weighted by atomic mass is 9.94. The summed E-state index contributed by atoms with van der Waals surface area (Å²) in [6, 6.07) is 11.7. The molecule has 5 nitrogen and oxygen atoms in total. The van der Waals surface area contributed by atoms with Gasteiger partial charge in [0.15, 0.2) is 0 Å². The summed E-state index contributed by atoms with van der Waals surface area (Å²) in [5.41, 5.74) is 1.56. The number of methoxy groups -OCH3 is 1. The lowest BCUT2D eigenvalue weighted by Crippen LogP contribution is -2.26. The molecule has 0 amide bonds. The Labute approximate surface area is 192 Å². The SMILES string of the molecule is CCCCc1ncc(C(O)C(CCc2cccs2)C(=O)OC)n1Cc1ccccc1Cl. The summed E-state index contributed by atoms with van der Waals surface area (Å²) in [5.74, 6) is -0.199. The van der Waals surface area contributed by atoms with E-state index in [1.54, 1.807) is 17.5 Å². The average Bonchev–Trinajstić information content (AvgIpc) is 3.43. The Morgan fingerprint density at radius 3 is 2.74 bits per heavy atom. The highest BCUT2D eigenvalue weighted by atomic mass is 35.5. The number of aryl methyl sites for hydroxylation is 2. The van der Waals surface area contributed by atoms with E-state index in [4.69, 9.17) is 16.3 Å². The van der Waals surface area contributed by atoms with Crippen molar-refractivity contribution in [3.05, 3.63) is 75.0 Å². The number of benzene rings is 1. The van der Waals surface area contributed by atoms with Gasteiger partial charge in [0.05, 0.1) is 31.5 Å². The van der Waals surface area contributed by atoms with Crippen molar-refractivity contribution >= 4 is 28.9 Å². The first-order valence-corrected chi connectivity index (χ1v) is 11.9. The van der Waals surface area contributed by atoms with Crippen LogP contribution in [0.4, 0.5) is 0 Å². The van der Waals surface area contributed by atoms with Crippen molar-refractivity contribution in [1.82, 2.24) is 9.55 Å². The quantitative estimate of drug-likeness (QED) is 0.387. The third kappa shape index (κ3) is 5.97. The highest BCUT2D eigenvalue weighted by molar-refractivity contribution is 7.09. The van der Waals surface area contributed by atoms with Gasteiger partial charge in [-0.05, 0) is 42.3 Å². The summed E-state index contributed by atoms with van der Waals surface area (Å²) in [4.78, 5) is 18.3. The van der Waals surface area contributed by atoms with Gasteiger partial charge < -0.3 is 14.4 Å². The van der Waals surface area contributed by atoms with Crippen LogP contribution in [0, 0.1) is 5.92 Å². The van der Waals surface area contributed by atoms with E-state index in [0.717, 1.165) is 30.7 Å². The number of carbonyl (C=O) groups excluding carboxylic acids is 1. The monoisotopic (exact) mass is 460 g/mol. The normalized spacial score (nSPS) is 13.2. The van der Waals surface area contributed by atoms with Crippen molar-refractivity contribution in [2.24, 2.45) is 5.92 Å². The maximum absolute atomic E-state index is 12.6. The third-order valence-electron chi connectivity index (χ3n) is 5.48. The molecule has 1 N–H and O–H groups in total. The minimum Gasteiger partial charge on any atom is -0.469 e. The van der Waals surface area contributed by atoms with Gasteiger partial charge in [0, 0.05) is 16.3 Å². The minimum absolute atomic E-state index is 0.412. The maximum Gasteiger partial charge on any atom is 0.311 e. The summed E-state index contributed by atoms with van der Waals surface area (Å²) in [7, 11) is 1.36. The zero-order chi connectivity index (χ0) is 22.2. The largest absolute Gasteiger partial charge is 0.469 e. The molecule has 0 bridgehead atoms. The van der Waals surface area contributed by atoms with Crippen LogP contribution >= 0.6 is 22.9 Å². The van der Waals surface area contributed by atoms with Crippen molar-refractivity contribution in [2.75, 3.05) is 7.11 Å². The molecule has 2 unspecified atom stereocenters. The number of hydrogen-bond acceptors (Lipinski definition) is 5. The van der Waals surface area contributed by atoms with Gasteiger partial charge in [-0.25, -0.2) is 4.98 Å². The zero-order valence-corrected chi connectivity index (χ0v) is 19.5. The molecule has 2 heterocycles. The first kappa shape index (κ1) is 23.5. The standard InChI is InChI=1S/C24H29ClN2O3S/c1-3-4-11-22-26-15-21(27(22)16-17-8-5-6-10-20(17)25)23(28)19(24(29)30-2)13-12-18-9-7-14-31-18/h5-10,14-15,19,23,28H,3-4,11-13,16H2,1-2H3. The van der Waals surface area contributed by atoms with Crippen LogP contribution in [0.5, 0.6) is 0 Å². The van der Waals surface area contributed by atoms with Gasteiger partial charge in [0.25, 0.3) is 0 Å². The van der Waals surface area contributed by atoms with Crippen LogP contribution in [-0.2, 0) is 28.9 Å². The number of carbonyl (C=O) groups is 1. The van der Waals surface area contributed by atoms with Gasteiger partial charge in [0.1, 0.15) is 11.9 Å². The van der Waals surface area contributed by atoms with E-state index in [2.05, 4.69) is 11.9 Å². The number of aliphatic hydroxyl groups is 1. The molecular weight excluding hydrogens is 432 g/mol. The molecule has 31 heavy (non-hydrogen) atoms. The van der Waals surface area contributed by atoms with E-state index in [1.807, 2.05) is 46.3 Å². The van der Waals surface area contributed by atoms with Crippen LogP contribution in [0.2, 0.25) is 5.02 Å². The molecule has 2 atom stereocenters. The number of thiophene rings is 1. The zero-order valence-electron chi connectivity index (χ0n) is 18.0. The molecule has 0 aliphatic rings. The van der Waals surface area contributed by atoms with Crippen LogP contribution in [0.15, 0.2) is 48.0 Å². The summed E-state index contributed by atoms with van der Waals surface area (Å²) in [6.07, 6.45) is 4.71. The predicted molar refractivity (Wildman–Crippen MR) is 124 cm³/mol. The summed E-state index contributed by atoms with van der Waals surface area (Å²) in [6.45, 7) is 2.62. The fourth-order valence-electron chi connectivity index (χ4n) is 3.69. The van der Waals surface area contributed by atoms with Gasteiger partial charge in [-0.15, -0.1) is 11.3 Å². The minimum atomic E-state index is -1.02. The van der Waals surface area contributed by atoms with Crippen LogP contribution < -0.4 is 0 Å². The van der Waals surface area contributed by atoms with Gasteiger partial charge in [-0.2, -0.15) is 0 Å². The maximum atomic E-state index is 12.6. The Balaban J connectivity index is 1.91. The third-order valence-corrected chi connectivity index (χ3v) is 6.78. The lowest BCUT2D eigenvalue weighted by Gasteiger charge is -2.23. The van der Waals surface area contributed by atoms with E-state index in [-0.39, 0.29) is 0 Å². The molecule has 3 aromatic rings. The number of unbranched alkanes of at least 4 members (excludes halogenated alkanes) is 1. The van der Waals surface area contributed by atoms with E-state index in [9.17, 15) is 9.90 Å². The Kier molecular flexibility index (Phi) is 8.69. The molecule has 0 saturated carbocycles. The van der Waals surface area contributed by atoms with Gasteiger partial charge in [-0.1, -0.05) is 49.2 Å². The number of halogens is 1. The number of esters is 1. The van der Waals surface area contributed by atoms with Crippen LogP contribution in [-0.4, -0.2) is 27.7 Å². The van der Waals surface area contributed by atoms with Gasteiger partial charge in [0.2, 0.25) is 0 Å². The van der Waals surface area contributed by atoms with Crippen molar-refractivity contribution in [3.8, 4) is 0 Å². The Hall–Kier alpha value is -2.15. The van der Waals surface area contributed by atoms with E-state index >= 15 is 0 Å². The number of aliphatic hydroxyl groups excluding tert-OH is 1. The molecule has 7 heteroatoms. The molecule has 0 aliphatic carbocycles. The summed E-state index contributed by atoms with van der Waals surface area (Å²) in [5, 5.41) is 14.0. The first-order chi connectivity index (χ1) is 15.0. The second-order valence-electron chi connectivity index (χ2n) is 7.57. The van der Waals surface area contributed by atoms with Crippen molar-refractivity contribution in [1.29, 1.82) is 0 Å². The highest BCUT2D eigenvalue weighted by Gasteiger charge is 2.32. The van der Waals surface area contributed by atoms with E-state index in [1.165, 1.54) is 12.0 Å².